The maximum Gasteiger partial charge on any atom is 0.416 e. The van der Waals surface area contributed by atoms with Crippen LogP contribution in [-0.4, -0.2) is 49.4 Å². The number of anilines is 1. The summed E-state index contributed by atoms with van der Waals surface area (Å²) >= 11 is 0. The average molecular weight is 502 g/mol. The standard InChI is InChI=1S/C20H17F3N4O.C4H4O4/c1-12-9-14(7-8-24-12)17-10-25-27-13(2)11-26(19(28)18(17)27)16-5-3-15(4-6-16)20(21,22)23;5-3(6)1-2-4(7)8/h3-10,13H,11H2,1-2H3;1-2H,(H,5,6)(H,7,8). The molecule has 12 heteroatoms. The number of fused-ring (bicyclic) bond motifs is 1. The molecular formula is C24H21F3N4O5. The van der Waals surface area contributed by atoms with Gasteiger partial charge in [0.2, 0.25) is 0 Å². The maximum atomic E-state index is 13.2. The Balaban J connectivity index is 0.000000392. The fraction of sp³-hybridized carbons (Fsp3) is 0.208. The molecule has 2 N–H and O–H groups in total. The van der Waals surface area contributed by atoms with Crippen molar-refractivity contribution in [1.29, 1.82) is 0 Å². The van der Waals surface area contributed by atoms with Crippen molar-refractivity contribution in [1.82, 2.24) is 14.8 Å². The molecule has 1 amide bonds. The van der Waals surface area contributed by atoms with Crippen LogP contribution < -0.4 is 4.90 Å². The van der Waals surface area contributed by atoms with Gasteiger partial charge >= 0.3 is 18.1 Å². The Morgan fingerprint density at radius 2 is 1.69 bits per heavy atom. The second kappa shape index (κ2) is 10.4. The number of alkyl halides is 3. The zero-order chi connectivity index (χ0) is 26.6. The molecule has 1 atom stereocenters. The van der Waals surface area contributed by atoms with Crippen LogP contribution in [0.5, 0.6) is 0 Å². The van der Waals surface area contributed by atoms with Crippen LogP contribution in [0.4, 0.5) is 18.9 Å². The number of amides is 1. The summed E-state index contributed by atoms with van der Waals surface area (Å²) < 4.78 is 40.2. The van der Waals surface area contributed by atoms with E-state index >= 15 is 0 Å². The SMILES string of the molecule is Cc1cc(-c2cnn3c2C(=O)N(c2ccc(C(F)(F)F)cc2)CC3C)ccn1.O=C(O)C=CC(=O)O. The lowest BCUT2D eigenvalue weighted by molar-refractivity contribution is -0.137. The molecule has 188 valence electrons. The van der Waals surface area contributed by atoms with Gasteiger partial charge in [-0.3, -0.25) is 14.5 Å². The number of carbonyl (C=O) groups excluding carboxylic acids is 1. The van der Waals surface area contributed by atoms with Gasteiger partial charge in [0.1, 0.15) is 5.69 Å². The van der Waals surface area contributed by atoms with Crippen molar-refractivity contribution in [3.05, 3.63) is 77.9 Å². The molecule has 0 fully saturated rings. The van der Waals surface area contributed by atoms with E-state index in [-0.39, 0.29) is 11.9 Å². The third kappa shape index (κ3) is 5.95. The molecule has 9 nitrogen and oxygen atoms in total. The monoisotopic (exact) mass is 502 g/mol. The van der Waals surface area contributed by atoms with Crippen LogP contribution in [0.2, 0.25) is 0 Å². The van der Waals surface area contributed by atoms with Crippen molar-refractivity contribution in [2.75, 3.05) is 11.4 Å². The number of hydrogen-bond donors (Lipinski definition) is 2. The topological polar surface area (TPSA) is 126 Å². The van der Waals surface area contributed by atoms with E-state index in [1.54, 1.807) is 23.1 Å². The molecule has 36 heavy (non-hydrogen) atoms. The number of carboxylic acid groups (broad SMARTS) is 2. The minimum absolute atomic E-state index is 0.119. The first-order valence-corrected chi connectivity index (χ1v) is 10.5. The van der Waals surface area contributed by atoms with Gasteiger partial charge in [-0.15, -0.1) is 0 Å². The molecule has 4 rings (SSSR count). The number of halogens is 3. The van der Waals surface area contributed by atoms with E-state index < -0.39 is 23.7 Å². The Morgan fingerprint density at radius 3 is 2.22 bits per heavy atom. The number of benzene rings is 1. The highest BCUT2D eigenvalue weighted by atomic mass is 19.4. The van der Waals surface area contributed by atoms with E-state index in [1.807, 2.05) is 19.9 Å². The molecule has 0 aliphatic carbocycles. The predicted octanol–water partition coefficient (Wildman–Crippen LogP) is 4.21. The molecule has 0 saturated carbocycles. The number of hydrogen-bond acceptors (Lipinski definition) is 5. The van der Waals surface area contributed by atoms with Gasteiger partial charge in [-0.05, 0) is 55.8 Å². The summed E-state index contributed by atoms with van der Waals surface area (Å²) in [4.78, 5) is 38.0. The van der Waals surface area contributed by atoms with Crippen LogP contribution in [-0.2, 0) is 15.8 Å². The molecule has 3 heterocycles. The molecule has 0 saturated heterocycles. The van der Waals surface area contributed by atoms with Crippen molar-refractivity contribution in [3.63, 3.8) is 0 Å². The van der Waals surface area contributed by atoms with E-state index in [4.69, 9.17) is 10.2 Å². The van der Waals surface area contributed by atoms with Gasteiger partial charge in [-0.2, -0.15) is 18.3 Å². The first-order valence-electron chi connectivity index (χ1n) is 10.5. The molecule has 0 radical (unpaired) electrons. The summed E-state index contributed by atoms with van der Waals surface area (Å²) in [6, 6.07) is 8.20. The summed E-state index contributed by atoms with van der Waals surface area (Å²) in [5.74, 6) is -2.81. The molecule has 1 aromatic carbocycles. The number of nitrogens with zero attached hydrogens (tertiary/aromatic N) is 4. The van der Waals surface area contributed by atoms with E-state index in [0.717, 1.165) is 23.4 Å². The number of carboxylic acids is 2. The van der Waals surface area contributed by atoms with Crippen molar-refractivity contribution in [3.8, 4) is 11.1 Å². The van der Waals surface area contributed by atoms with E-state index in [2.05, 4.69) is 10.1 Å². The third-order valence-electron chi connectivity index (χ3n) is 5.19. The van der Waals surface area contributed by atoms with Crippen LogP contribution >= 0.6 is 0 Å². The molecule has 1 aliphatic heterocycles. The quantitative estimate of drug-likeness (QED) is 0.512. The van der Waals surface area contributed by atoms with Crippen LogP contribution in [0.25, 0.3) is 11.1 Å². The van der Waals surface area contributed by atoms with Crippen LogP contribution in [0.1, 0.15) is 34.7 Å². The highest BCUT2D eigenvalue weighted by molar-refractivity contribution is 6.09. The summed E-state index contributed by atoms with van der Waals surface area (Å²) in [5, 5.41) is 20.0. The molecule has 3 aromatic rings. The van der Waals surface area contributed by atoms with Crippen LogP contribution in [0, 0.1) is 6.92 Å². The lowest BCUT2D eigenvalue weighted by Gasteiger charge is -2.32. The summed E-state index contributed by atoms with van der Waals surface area (Å²) in [7, 11) is 0. The molecule has 1 unspecified atom stereocenters. The fourth-order valence-electron chi connectivity index (χ4n) is 3.58. The molecule has 0 bridgehead atoms. The number of aromatic nitrogens is 3. The van der Waals surface area contributed by atoms with E-state index in [9.17, 15) is 27.6 Å². The van der Waals surface area contributed by atoms with Crippen molar-refractivity contribution < 1.29 is 37.8 Å². The van der Waals surface area contributed by atoms with Crippen LogP contribution in [0.15, 0.2) is 60.9 Å². The van der Waals surface area contributed by atoms with E-state index in [0.29, 0.717) is 35.6 Å². The Bertz CT molecular complexity index is 1300. The molecule has 2 aromatic heterocycles. The van der Waals surface area contributed by atoms with Gasteiger partial charge in [0.25, 0.3) is 5.91 Å². The Hall–Kier alpha value is -4.48. The number of pyridine rings is 1. The van der Waals surface area contributed by atoms with Crippen molar-refractivity contribution in [2.24, 2.45) is 0 Å². The lowest BCUT2D eigenvalue weighted by Crippen LogP contribution is -2.42. The number of aliphatic carboxylic acids is 2. The maximum absolute atomic E-state index is 13.2. The number of aryl methyl sites for hydroxylation is 1. The second-order valence-corrected chi connectivity index (χ2v) is 7.86. The largest absolute Gasteiger partial charge is 0.478 e. The summed E-state index contributed by atoms with van der Waals surface area (Å²) in [6.07, 6.45) is 0.0151. The normalized spacial score (nSPS) is 15.3. The minimum Gasteiger partial charge on any atom is -0.478 e. The molecule has 1 aliphatic rings. The number of rotatable bonds is 4. The Morgan fingerprint density at radius 1 is 1.08 bits per heavy atom. The highest BCUT2D eigenvalue weighted by Crippen LogP contribution is 2.34. The van der Waals surface area contributed by atoms with Gasteiger partial charge in [-0.1, -0.05) is 0 Å². The van der Waals surface area contributed by atoms with Crippen molar-refractivity contribution in [2.45, 2.75) is 26.1 Å². The second-order valence-electron chi connectivity index (χ2n) is 7.86. The Labute approximate surface area is 203 Å². The highest BCUT2D eigenvalue weighted by Gasteiger charge is 2.35. The first-order chi connectivity index (χ1) is 16.9. The smallest absolute Gasteiger partial charge is 0.416 e. The summed E-state index contributed by atoms with van der Waals surface area (Å²) in [6.45, 7) is 4.10. The zero-order valence-electron chi connectivity index (χ0n) is 19.1. The first kappa shape index (κ1) is 26.1. The fourth-order valence-corrected chi connectivity index (χ4v) is 3.58. The predicted molar refractivity (Wildman–Crippen MR) is 122 cm³/mol. The van der Waals surface area contributed by atoms with Gasteiger partial charge in [0, 0.05) is 41.8 Å². The van der Waals surface area contributed by atoms with E-state index in [1.165, 1.54) is 17.0 Å². The zero-order valence-corrected chi connectivity index (χ0v) is 19.1. The Kier molecular flexibility index (Phi) is 7.56. The molecule has 0 spiro atoms. The van der Waals surface area contributed by atoms with Gasteiger partial charge in [0.15, 0.2) is 0 Å². The third-order valence-corrected chi connectivity index (χ3v) is 5.19. The van der Waals surface area contributed by atoms with Crippen molar-refractivity contribution >= 4 is 23.5 Å². The minimum atomic E-state index is -4.41. The van der Waals surface area contributed by atoms with Gasteiger partial charge < -0.3 is 15.1 Å². The van der Waals surface area contributed by atoms with Gasteiger partial charge in [-0.25, -0.2) is 9.59 Å². The molecular weight excluding hydrogens is 481 g/mol. The average Bonchev–Trinajstić information content (AvgIpc) is 3.26. The van der Waals surface area contributed by atoms with Gasteiger partial charge in [0.05, 0.1) is 17.8 Å². The van der Waals surface area contributed by atoms with Crippen LogP contribution in [0.3, 0.4) is 0 Å². The summed E-state index contributed by atoms with van der Waals surface area (Å²) in [5.41, 5.74) is 2.42. The lowest BCUT2D eigenvalue weighted by atomic mass is 10.0. The number of carbonyl (C=O) groups is 3.